The van der Waals surface area contributed by atoms with E-state index in [0.29, 0.717) is 12.0 Å². The zero-order valence-corrected chi connectivity index (χ0v) is 13.8. The minimum atomic E-state index is 0.183. The Morgan fingerprint density at radius 1 is 1.25 bits per heavy atom. The highest BCUT2D eigenvalue weighted by atomic mass is 32.2. The summed E-state index contributed by atoms with van der Waals surface area (Å²) in [5.41, 5.74) is 0. The molecule has 1 saturated heterocycles. The number of hydrogen-bond acceptors (Lipinski definition) is 3. The van der Waals surface area contributed by atoms with E-state index >= 15 is 0 Å². The Hall–Kier alpha value is -0.220. The molecule has 2 rings (SSSR count). The minimum Gasteiger partial charge on any atom is -0.368 e. The van der Waals surface area contributed by atoms with Crippen molar-refractivity contribution in [2.45, 2.75) is 52.1 Å². The number of likely N-dealkylation sites (N-methyl/N-ethyl adjacent to an activating group) is 1. The maximum Gasteiger partial charge on any atom is 0.248 e. The van der Waals surface area contributed by atoms with E-state index in [-0.39, 0.29) is 12.5 Å². The SMILES string of the molecule is CCN(CC1CCSC1)C(=O)COC1CCC(C)CC1. The number of ether oxygens (including phenoxy) is 1. The fraction of sp³-hybridized carbons (Fsp3) is 0.938. The summed E-state index contributed by atoms with van der Waals surface area (Å²) in [6.45, 7) is 6.40. The van der Waals surface area contributed by atoms with Gasteiger partial charge in [-0.1, -0.05) is 6.92 Å². The van der Waals surface area contributed by atoms with E-state index in [0.717, 1.165) is 31.8 Å². The lowest BCUT2D eigenvalue weighted by atomic mass is 9.89. The number of thioether (sulfide) groups is 1. The first-order chi connectivity index (χ1) is 9.69. The van der Waals surface area contributed by atoms with Crippen LogP contribution in [0.15, 0.2) is 0 Å². The second-order valence-corrected chi connectivity index (χ2v) is 7.50. The van der Waals surface area contributed by atoms with E-state index in [2.05, 4.69) is 13.8 Å². The van der Waals surface area contributed by atoms with Gasteiger partial charge in [-0.15, -0.1) is 0 Å². The lowest BCUT2D eigenvalue weighted by Crippen LogP contribution is -2.38. The van der Waals surface area contributed by atoms with Gasteiger partial charge < -0.3 is 9.64 Å². The van der Waals surface area contributed by atoms with E-state index in [9.17, 15) is 4.79 Å². The third-order valence-corrected chi connectivity index (χ3v) is 5.87. The maximum atomic E-state index is 12.3. The van der Waals surface area contributed by atoms with Crippen molar-refractivity contribution in [3.63, 3.8) is 0 Å². The second-order valence-electron chi connectivity index (χ2n) is 6.35. The zero-order valence-electron chi connectivity index (χ0n) is 13.0. The van der Waals surface area contributed by atoms with Crippen LogP contribution in [0.5, 0.6) is 0 Å². The second kappa shape index (κ2) is 8.28. The summed E-state index contributed by atoms with van der Waals surface area (Å²) in [4.78, 5) is 14.3. The molecular formula is C16H29NO2S. The van der Waals surface area contributed by atoms with E-state index in [4.69, 9.17) is 4.74 Å². The third-order valence-electron chi connectivity index (χ3n) is 4.64. The van der Waals surface area contributed by atoms with Gasteiger partial charge in [0.15, 0.2) is 0 Å². The zero-order chi connectivity index (χ0) is 14.4. The first kappa shape index (κ1) is 16.2. The molecule has 0 aromatic carbocycles. The molecule has 0 aromatic heterocycles. The highest BCUT2D eigenvalue weighted by molar-refractivity contribution is 7.99. The van der Waals surface area contributed by atoms with Crippen LogP contribution in [0.3, 0.4) is 0 Å². The molecule has 2 fully saturated rings. The Kier molecular flexibility index (Phi) is 6.69. The van der Waals surface area contributed by atoms with E-state index in [1.54, 1.807) is 0 Å². The summed E-state index contributed by atoms with van der Waals surface area (Å²) >= 11 is 2.01. The van der Waals surface area contributed by atoms with Crippen molar-refractivity contribution < 1.29 is 9.53 Å². The fourth-order valence-corrected chi connectivity index (χ4v) is 4.39. The summed E-state index contributed by atoms with van der Waals surface area (Å²) < 4.78 is 5.84. The molecule has 0 radical (unpaired) electrons. The molecule has 0 bridgehead atoms. The predicted molar refractivity (Wildman–Crippen MR) is 85.1 cm³/mol. The topological polar surface area (TPSA) is 29.5 Å². The van der Waals surface area contributed by atoms with E-state index in [1.807, 2.05) is 16.7 Å². The van der Waals surface area contributed by atoms with Crippen LogP contribution in [-0.4, -0.2) is 48.1 Å². The van der Waals surface area contributed by atoms with Gasteiger partial charge in [-0.2, -0.15) is 11.8 Å². The quantitative estimate of drug-likeness (QED) is 0.754. The molecule has 3 nitrogen and oxygen atoms in total. The van der Waals surface area contributed by atoms with Gasteiger partial charge in [-0.25, -0.2) is 0 Å². The van der Waals surface area contributed by atoms with Crippen LogP contribution in [0, 0.1) is 11.8 Å². The van der Waals surface area contributed by atoms with Gasteiger partial charge in [0.2, 0.25) is 5.91 Å². The first-order valence-electron chi connectivity index (χ1n) is 8.16. The molecule has 20 heavy (non-hydrogen) atoms. The fourth-order valence-electron chi connectivity index (χ4n) is 3.12. The van der Waals surface area contributed by atoms with Gasteiger partial charge in [0.25, 0.3) is 0 Å². The average molecular weight is 299 g/mol. The number of amides is 1. The van der Waals surface area contributed by atoms with Gasteiger partial charge in [0, 0.05) is 13.1 Å². The molecule has 1 heterocycles. The Bertz CT molecular complexity index is 297. The van der Waals surface area contributed by atoms with Crippen LogP contribution < -0.4 is 0 Å². The molecule has 1 aliphatic carbocycles. The molecule has 0 N–H and O–H groups in total. The van der Waals surface area contributed by atoms with Crippen LogP contribution in [0.25, 0.3) is 0 Å². The summed E-state index contributed by atoms with van der Waals surface area (Å²) in [5.74, 6) is 4.18. The van der Waals surface area contributed by atoms with Gasteiger partial charge >= 0.3 is 0 Å². The van der Waals surface area contributed by atoms with Crippen LogP contribution >= 0.6 is 11.8 Å². The largest absolute Gasteiger partial charge is 0.368 e. The van der Waals surface area contributed by atoms with E-state index < -0.39 is 0 Å². The van der Waals surface area contributed by atoms with Crippen molar-refractivity contribution in [3.8, 4) is 0 Å². The van der Waals surface area contributed by atoms with E-state index in [1.165, 1.54) is 30.8 Å². The Morgan fingerprint density at radius 3 is 2.60 bits per heavy atom. The molecule has 1 aliphatic heterocycles. The third kappa shape index (κ3) is 4.96. The molecule has 4 heteroatoms. The number of hydrogen-bond donors (Lipinski definition) is 0. The van der Waals surface area contributed by atoms with Crippen molar-refractivity contribution >= 4 is 17.7 Å². The molecule has 2 aliphatic rings. The van der Waals surface area contributed by atoms with Crippen LogP contribution in [0.4, 0.5) is 0 Å². The van der Waals surface area contributed by atoms with Crippen molar-refractivity contribution in [1.29, 1.82) is 0 Å². The predicted octanol–water partition coefficient (Wildman–Crippen LogP) is 3.18. The summed E-state index contributed by atoms with van der Waals surface area (Å²) in [6, 6.07) is 0. The highest BCUT2D eigenvalue weighted by Gasteiger charge is 2.23. The Balaban J connectivity index is 1.68. The van der Waals surface area contributed by atoms with Crippen molar-refractivity contribution in [1.82, 2.24) is 4.90 Å². The Morgan fingerprint density at radius 2 is 2.00 bits per heavy atom. The Labute approximate surface area is 127 Å². The van der Waals surface area contributed by atoms with Crippen molar-refractivity contribution in [2.75, 3.05) is 31.2 Å². The van der Waals surface area contributed by atoms with Crippen LogP contribution in [0.2, 0.25) is 0 Å². The number of carbonyl (C=O) groups is 1. The highest BCUT2D eigenvalue weighted by Crippen LogP contribution is 2.26. The number of carbonyl (C=O) groups excluding carboxylic acids is 1. The standard InChI is InChI=1S/C16H29NO2S/c1-3-17(10-14-8-9-20-12-14)16(18)11-19-15-6-4-13(2)5-7-15/h13-15H,3-12H2,1-2H3. The molecule has 1 saturated carbocycles. The van der Waals surface area contributed by atoms with Gasteiger partial charge in [0.1, 0.15) is 6.61 Å². The molecule has 1 unspecified atom stereocenters. The number of nitrogens with zero attached hydrogens (tertiary/aromatic N) is 1. The summed E-state index contributed by atoms with van der Waals surface area (Å²) in [5, 5.41) is 0. The molecule has 1 amide bonds. The minimum absolute atomic E-state index is 0.183. The molecule has 1 atom stereocenters. The lowest BCUT2D eigenvalue weighted by Gasteiger charge is -2.28. The molecule has 0 aromatic rings. The van der Waals surface area contributed by atoms with Crippen molar-refractivity contribution in [3.05, 3.63) is 0 Å². The monoisotopic (exact) mass is 299 g/mol. The average Bonchev–Trinajstić information content (AvgIpc) is 2.97. The molecule has 0 spiro atoms. The number of rotatable bonds is 6. The van der Waals surface area contributed by atoms with Crippen molar-refractivity contribution in [2.24, 2.45) is 11.8 Å². The summed E-state index contributed by atoms with van der Waals surface area (Å²) in [6.07, 6.45) is 6.32. The molecular weight excluding hydrogens is 270 g/mol. The lowest BCUT2D eigenvalue weighted by molar-refractivity contribution is -0.139. The smallest absolute Gasteiger partial charge is 0.248 e. The van der Waals surface area contributed by atoms with Gasteiger partial charge in [-0.05, 0) is 62.4 Å². The first-order valence-corrected chi connectivity index (χ1v) is 9.31. The maximum absolute atomic E-state index is 12.3. The normalized spacial score (nSPS) is 30.4. The summed E-state index contributed by atoms with van der Waals surface area (Å²) in [7, 11) is 0. The van der Waals surface area contributed by atoms with Crippen LogP contribution in [-0.2, 0) is 9.53 Å². The van der Waals surface area contributed by atoms with Crippen LogP contribution in [0.1, 0.15) is 46.0 Å². The molecule has 116 valence electrons. The van der Waals surface area contributed by atoms with Gasteiger partial charge in [-0.3, -0.25) is 4.79 Å². The van der Waals surface area contributed by atoms with Gasteiger partial charge in [0.05, 0.1) is 6.10 Å².